The van der Waals surface area contributed by atoms with Gasteiger partial charge in [0.15, 0.2) is 5.65 Å². The number of alkyl halides is 3. The molecule has 0 saturated carbocycles. The van der Waals surface area contributed by atoms with Crippen molar-refractivity contribution in [1.82, 2.24) is 29.5 Å². The van der Waals surface area contributed by atoms with Crippen LogP contribution >= 0.6 is 0 Å². The third-order valence-corrected chi connectivity index (χ3v) is 7.21. The molecule has 4 aromatic heterocycles. The summed E-state index contributed by atoms with van der Waals surface area (Å²) < 4.78 is 47.3. The molecule has 1 aliphatic heterocycles. The lowest BCUT2D eigenvalue weighted by molar-refractivity contribution is -0.137. The molecule has 0 spiro atoms. The first-order valence-corrected chi connectivity index (χ1v) is 13.8. The molecule has 2 N–H and O–H groups in total. The smallest absolute Gasteiger partial charge is 0.358 e. The molecule has 1 atom stereocenters. The van der Waals surface area contributed by atoms with Gasteiger partial charge < -0.3 is 15.4 Å². The average Bonchev–Trinajstić information content (AvgIpc) is 3.46. The molecular formula is C30H27F3N8O2. The molecule has 0 bridgehead atoms. The Morgan fingerprint density at radius 1 is 1.05 bits per heavy atom. The fourth-order valence-corrected chi connectivity index (χ4v) is 5.03. The third kappa shape index (κ3) is 5.89. The van der Waals surface area contributed by atoms with E-state index in [1.165, 1.54) is 6.33 Å². The van der Waals surface area contributed by atoms with Crippen LogP contribution in [0.25, 0.3) is 22.4 Å². The lowest BCUT2D eigenvalue weighted by Crippen LogP contribution is -2.17. The first kappa shape index (κ1) is 28.2. The number of nitrogens with one attached hydrogen (secondary N) is 2. The molecule has 1 saturated heterocycles. The maximum Gasteiger partial charge on any atom is 0.416 e. The summed E-state index contributed by atoms with van der Waals surface area (Å²) in [5, 5.41) is 6.01. The van der Waals surface area contributed by atoms with Crippen LogP contribution in [-0.4, -0.2) is 42.0 Å². The second-order valence-electron chi connectivity index (χ2n) is 10.00. The minimum Gasteiger partial charge on any atom is -0.358 e. The van der Waals surface area contributed by atoms with Crippen LogP contribution < -0.4 is 10.6 Å². The van der Waals surface area contributed by atoms with Gasteiger partial charge in [0.25, 0.3) is 5.91 Å². The molecule has 43 heavy (non-hydrogen) atoms. The summed E-state index contributed by atoms with van der Waals surface area (Å²) in [7, 11) is 0. The summed E-state index contributed by atoms with van der Waals surface area (Å²) in [4.78, 5) is 34.8. The number of nitrogens with zero attached hydrogens (tertiary/aromatic N) is 6. The molecule has 1 aromatic carbocycles. The van der Waals surface area contributed by atoms with Gasteiger partial charge in [-0.15, -0.1) is 0 Å². The van der Waals surface area contributed by atoms with Crippen molar-refractivity contribution in [3.05, 3.63) is 84.3 Å². The van der Waals surface area contributed by atoms with Crippen molar-refractivity contribution in [1.29, 1.82) is 0 Å². The first-order chi connectivity index (χ1) is 20.8. The number of hydrogen-bond acceptors (Lipinski definition) is 8. The number of benzene rings is 1. The van der Waals surface area contributed by atoms with Crippen molar-refractivity contribution >= 4 is 34.3 Å². The zero-order valence-electron chi connectivity index (χ0n) is 23.1. The molecule has 1 aliphatic rings. The van der Waals surface area contributed by atoms with Gasteiger partial charge in [0.05, 0.1) is 11.9 Å². The van der Waals surface area contributed by atoms with E-state index >= 15 is 0 Å². The van der Waals surface area contributed by atoms with Gasteiger partial charge >= 0.3 is 6.18 Å². The first-order valence-electron chi connectivity index (χ1n) is 13.8. The van der Waals surface area contributed by atoms with E-state index in [-0.39, 0.29) is 11.9 Å². The largest absolute Gasteiger partial charge is 0.416 e. The number of rotatable bonds is 7. The minimum absolute atomic E-state index is 0.135. The highest BCUT2D eigenvalue weighted by atomic mass is 19.4. The molecule has 10 nitrogen and oxygen atoms in total. The second-order valence-corrected chi connectivity index (χ2v) is 10.00. The second kappa shape index (κ2) is 11.8. The summed E-state index contributed by atoms with van der Waals surface area (Å²) >= 11 is 0. The van der Waals surface area contributed by atoms with Crippen molar-refractivity contribution in [2.75, 3.05) is 17.2 Å². The molecule has 1 amide bonds. The number of anilines is 3. The summed E-state index contributed by atoms with van der Waals surface area (Å²) in [6, 6.07) is 10.4. The number of pyridine rings is 2. The van der Waals surface area contributed by atoms with E-state index in [1.54, 1.807) is 30.7 Å². The van der Waals surface area contributed by atoms with Crippen LogP contribution in [0.1, 0.15) is 54.0 Å². The molecule has 5 aromatic rings. The van der Waals surface area contributed by atoms with Crippen molar-refractivity contribution in [2.45, 2.75) is 45.0 Å². The van der Waals surface area contributed by atoms with Crippen LogP contribution in [0.4, 0.5) is 30.4 Å². The number of halogens is 3. The third-order valence-electron chi connectivity index (χ3n) is 7.21. The Kier molecular flexibility index (Phi) is 7.72. The predicted octanol–water partition coefficient (Wildman–Crippen LogP) is 6.56. The Labute approximate surface area is 244 Å². The highest BCUT2D eigenvalue weighted by molar-refractivity contribution is 6.03. The van der Waals surface area contributed by atoms with E-state index in [4.69, 9.17) is 4.74 Å². The van der Waals surface area contributed by atoms with Gasteiger partial charge in [-0.05, 0) is 67.6 Å². The molecule has 0 radical (unpaired) electrons. The summed E-state index contributed by atoms with van der Waals surface area (Å²) in [5.41, 5.74) is 3.21. The number of amides is 1. The van der Waals surface area contributed by atoms with E-state index in [2.05, 4.69) is 35.6 Å². The highest BCUT2D eigenvalue weighted by Gasteiger charge is 2.31. The molecule has 13 heteroatoms. The maximum atomic E-state index is 13.1. The molecule has 1 unspecified atom stereocenters. The van der Waals surface area contributed by atoms with Gasteiger partial charge in [-0.1, -0.05) is 13.0 Å². The van der Waals surface area contributed by atoms with Crippen LogP contribution in [0, 0.1) is 0 Å². The van der Waals surface area contributed by atoms with Crippen molar-refractivity contribution < 1.29 is 22.7 Å². The molecule has 1 fully saturated rings. The maximum absolute atomic E-state index is 13.1. The van der Waals surface area contributed by atoms with E-state index < -0.39 is 17.6 Å². The molecule has 220 valence electrons. The normalized spacial score (nSPS) is 15.4. The SMILES string of the molecule is CCc1ccc(NC(=O)c2cc(C(F)(F)F)ccn2)cc1Nc1ncccc1-c1ncnc2c1ncn2C1CCCCO1. The Morgan fingerprint density at radius 2 is 1.93 bits per heavy atom. The van der Waals surface area contributed by atoms with E-state index in [9.17, 15) is 18.0 Å². The standard InChI is InChI=1S/C30H27F3N8O2/c1-2-18-8-9-20(39-29(42)23-14-19(10-12-34-23)30(31,32)33)15-22(18)40-27-21(6-5-11-35-27)25-26-28(37-16-36-25)41(17-38-26)24-7-3-4-13-43-24/h5-6,8-12,14-17,24H,2-4,7,13H2,1H3,(H,35,40)(H,39,42). The van der Waals surface area contributed by atoms with Gasteiger partial charge in [0, 0.05) is 35.9 Å². The zero-order valence-corrected chi connectivity index (χ0v) is 23.1. The van der Waals surface area contributed by atoms with Crippen LogP contribution in [0.15, 0.2) is 67.5 Å². The number of aryl methyl sites for hydroxylation is 1. The number of hydrogen-bond donors (Lipinski definition) is 2. The van der Waals surface area contributed by atoms with Gasteiger partial charge in [0.1, 0.15) is 35.3 Å². The average molecular weight is 589 g/mol. The van der Waals surface area contributed by atoms with E-state index in [1.807, 2.05) is 23.6 Å². The van der Waals surface area contributed by atoms with Gasteiger partial charge in [-0.2, -0.15) is 13.2 Å². The Balaban J connectivity index is 1.30. The number of aromatic nitrogens is 6. The Morgan fingerprint density at radius 3 is 2.72 bits per heavy atom. The number of imidazole rings is 1. The Hall–Kier alpha value is -4.91. The van der Waals surface area contributed by atoms with Crippen LogP contribution in [0.5, 0.6) is 0 Å². The lowest BCUT2D eigenvalue weighted by Gasteiger charge is -2.23. The summed E-state index contributed by atoms with van der Waals surface area (Å²) in [6.07, 6.45) is 4.74. The van der Waals surface area contributed by atoms with Gasteiger partial charge in [0.2, 0.25) is 0 Å². The quantitative estimate of drug-likeness (QED) is 0.219. The fraction of sp³-hybridized carbons (Fsp3) is 0.267. The molecular weight excluding hydrogens is 561 g/mol. The topological polar surface area (TPSA) is 120 Å². The minimum atomic E-state index is -4.59. The van der Waals surface area contributed by atoms with Crippen molar-refractivity contribution in [3.8, 4) is 11.3 Å². The van der Waals surface area contributed by atoms with Gasteiger partial charge in [-0.25, -0.2) is 19.9 Å². The monoisotopic (exact) mass is 588 g/mol. The lowest BCUT2D eigenvalue weighted by atomic mass is 10.1. The zero-order chi connectivity index (χ0) is 30.0. The molecule has 0 aliphatic carbocycles. The van der Waals surface area contributed by atoms with E-state index in [0.29, 0.717) is 52.6 Å². The molecule has 6 rings (SSSR count). The molecule has 5 heterocycles. The van der Waals surface area contributed by atoms with Crippen molar-refractivity contribution in [3.63, 3.8) is 0 Å². The fourth-order valence-electron chi connectivity index (χ4n) is 5.03. The van der Waals surface area contributed by atoms with E-state index in [0.717, 1.165) is 43.2 Å². The number of carbonyl (C=O) groups excluding carboxylic acids is 1. The number of ether oxygens (including phenoxy) is 1. The van der Waals surface area contributed by atoms with Crippen LogP contribution in [0.2, 0.25) is 0 Å². The Bertz CT molecular complexity index is 1780. The van der Waals surface area contributed by atoms with Gasteiger partial charge in [-0.3, -0.25) is 14.3 Å². The summed E-state index contributed by atoms with van der Waals surface area (Å²) in [6.45, 7) is 2.67. The summed E-state index contributed by atoms with van der Waals surface area (Å²) in [5.74, 6) is -0.260. The van der Waals surface area contributed by atoms with Crippen LogP contribution in [-0.2, 0) is 17.3 Å². The number of carbonyl (C=O) groups is 1. The number of fused-ring (bicyclic) bond motifs is 1. The predicted molar refractivity (Wildman–Crippen MR) is 154 cm³/mol. The highest BCUT2D eigenvalue weighted by Crippen LogP contribution is 2.35. The van der Waals surface area contributed by atoms with Crippen molar-refractivity contribution in [2.24, 2.45) is 0 Å². The van der Waals surface area contributed by atoms with Crippen LogP contribution in [0.3, 0.4) is 0 Å².